The highest BCUT2D eigenvalue weighted by Gasteiger charge is 2.30. The first-order valence-electron chi connectivity index (χ1n) is 8.13. The minimum absolute atomic E-state index is 0.0449. The second-order valence-electron chi connectivity index (χ2n) is 6.04. The molecular formula is C19H18F3NO. The Morgan fingerprint density at radius 1 is 1.12 bits per heavy atom. The second kappa shape index (κ2) is 6.38. The fraction of sp³-hybridized carbons (Fsp3) is 0.368. The number of benzene rings is 1. The van der Waals surface area contributed by atoms with Gasteiger partial charge in [0.05, 0.1) is 5.56 Å². The maximum absolute atomic E-state index is 12.8. The van der Waals surface area contributed by atoms with E-state index < -0.39 is 11.7 Å². The molecule has 0 spiro atoms. The Labute approximate surface area is 138 Å². The molecule has 2 aromatic rings. The van der Waals surface area contributed by atoms with Gasteiger partial charge in [-0.2, -0.15) is 13.2 Å². The number of ketones is 1. The number of fused-ring (bicyclic) bond motifs is 1. The minimum atomic E-state index is -4.35. The molecule has 0 saturated heterocycles. The largest absolute Gasteiger partial charge is 0.416 e. The zero-order valence-electron chi connectivity index (χ0n) is 13.4. The summed E-state index contributed by atoms with van der Waals surface area (Å²) in [7, 11) is 0. The van der Waals surface area contributed by atoms with Gasteiger partial charge in [0.25, 0.3) is 0 Å². The number of carbonyl (C=O) groups is 1. The van der Waals surface area contributed by atoms with Gasteiger partial charge in [0, 0.05) is 12.1 Å². The molecule has 0 saturated carbocycles. The predicted octanol–water partition coefficient (Wildman–Crippen LogP) is 5.24. The topological polar surface area (TPSA) is 30.0 Å². The molecule has 2 nitrogen and oxygen atoms in total. The van der Waals surface area contributed by atoms with E-state index in [1.165, 1.54) is 12.1 Å². The minimum Gasteiger partial charge on any atom is -0.292 e. The average molecular weight is 333 g/mol. The van der Waals surface area contributed by atoms with E-state index in [9.17, 15) is 18.0 Å². The summed E-state index contributed by atoms with van der Waals surface area (Å²) in [6.07, 6.45) is -0.273. The van der Waals surface area contributed by atoms with E-state index in [2.05, 4.69) is 4.98 Å². The van der Waals surface area contributed by atoms with Crippen molar-refractivity contribution in [3.8, 4) is 11.1 Å². The standard InChI is InChI=1S/C19H18F3NO/c1-2-18(24)17-11-15(14-5-3-4-6-16(14)23-17)12-7-9-13(10-8-12)19(20,21)22/h7-11H,2-6H2,1H3. The van der Waals surface area contributed by atoms with Crippen LogP contribution in [0, 0.1) is 0 Å². The average Bonchev–Trinajstić information content (AvgIpc) is 2.59. The molecule has 1 aromatic carbocycles. The summed E-state index contributed by atoms with van der Waals surface area (Å²) >= 11 is 0. The van der Waals surface area contributed by atoms with Crippen LogP contribution < -0.4 is 0 Å². The first kappa shape index (κ1) is 16.7. The van der Waals surface area contributed by atoms with E-state index in [-0.39, 0.29) is 5.78 Å². The number of carbonyl (C=O) groups excluding carboxylic acids is 1. The van der Waals surface area contributed by atoms with Crippen molar-refractivity contribution >= 4 is 5.78 Å². The van der Waals surface area contributed by atoms with Gasteiger partial charge in [-0.1, -0.05) is 19.1 Å². The molecule has 1 aliphatic carbocycles. The van der Waals surface area contributed by atoms with Crippen LogP contribution in [0.25, 0.3) is 11.1 Å². The lowest BCUT2D eigenvalue weighted by Crippen LogP contribution is -2.12. The summed E-state index contributed by atoms with van der Waals surface area (Å²) in [6, 6.07) is 6.87. The summed E-state index contributed by atoms with van der Waals surface area (Å²) in [6.45, 7) is 1.78. The first-order chi connectivity index (χ1) is 11.4. The van der Waals surface area contributed by atoms with E-state index in [0.717, 1.165) is 54.6 Å². The van der Waals surface area contributed by atoms with Crippen LogP contribution in [0.1, 0.15) is 53.5 Å². The van der Waals surface area contributed by atoms with E-state index in [4.69, 9.17) is 0 Å². The van der Waals surface area contributed by atoms with Crippen molar-refractivity contribution in [3.05, 3.63) is 52.8 Å². The number of aromatic nitrogens is 1. The van der Waals surface area contributed by atoms with E-state index in [1.807, 2.05) is 0 Å². The summed E-state index contributed by atoms with van der Waals surface area (Å²) in [4.78, 5) is 16.6. The molecule has 0 aliphatic heterocycles. The van der Waals surface area contributed by atoms with Crippen LogP contribution in [0.4, 0.5) is 13.2 Å². The molecule has 1 aromatic heterocycles. The van der Waals surface area contributed by atoms with Crippen LogP contribution in [0.15, 0.2) is 30.3 Å². The summed E-state index contributed by atoms with van der Waals surface area (Å²) in [5, 5.41) is 0. The number of rotatable bonds is 3. The first-order valence-corrected chi connectivity index (χ1v) is 8.13. The van der Waals surface area contributed by atoms with Crippen LogP contribution >= 0.6 is 0 Å². The summed E-state index contributed by atoms with van der Waals surface area (Å²) in [5.41, 5.74) is 3.26. The van der Waals surface area contributed by atoms with Gasteiger partial charge in [-0.15, -0.1) is 0 Å². The van der Waals surface area contributed by atoms with Gasteiger partial charge >= 0.3 is 6.18 Å². The van der Waals surface area contributed by atoms with Gasteiger partial charge in [-0.05, 0) is 60.6 Å². The van der Waals surface area contributed by atoms with Gasteiger partial charge in [0.2, 0.25) is 0 Å². The van der Waals surface area contributed by atoms with Crippen LogP contribution in [0.5, 0.6) is 0 Å². The fourth-order valence-electron chi connectivity index (χ4n) is 3.12. The highest BCUT2D eigenvalue weighted by atomic mass is 19.4. The fourth-order valence-corrected chi connectivity index (χ4v) is 3.12. The van der Waals surface area contributed by atoms with Crippen molar-refractivity contribution < 1.29 is 18.0 Å². The van der Waals surface area contributed by atoms with Gasteiger partial charge in [0.1, 0.15) is 5.69 Å². The maximum Gasteiger partial charge on any atom is 0.416 e. The molecule has 0 atom stereocenters. The van der Waals surface area contributed by atoms with Crippen molar-refractivity contribution in [3.63, 3.8) is 0 Å². The van der Waals surface area contributed by atoms with Gasteiger partial charge in [-0.3, -0.25) is 4.79 Å². The molecular weight excluding hydrogens is 315 g/mol. The molecule has 0 radical (unpaired) electrons. The molecule has 0 unspecified atom stereocenters. The van der Waals surface area contributed by atoms with Gasteiger partial charge < -0.3 is 0 Å². The van der Waals surface area contributed by atoms with E-state index >= 15 is 0 Å². The van der Waals surface area contributed by atoms with Crippen molar-refractivity contribution in [1.82, 2.24) is 4.98 Å². The number of Topliss-reactive ketones (excluding diaryl/α,β-unsaturated/α-hetero) is 1. The quantitative estimate of drug-likeness (QED) is 0.719. The van der Waals surface area contributed by atoms with Crippen molar-refractivity contribution in [2.24, 2.45) is 0 Å². The van der Waals surface area contributed by atoms with E-state index in [0.29, 0.717) is 17.7 Å². The van der Waals surface area contributed by atoms with Crippen LogP contribution in [0.2, 0.25) is 0 Å². The third-order valence-corrected chi connectivity index (χ3v) is 4.43. The summed E-state index contributed by atoms with van der Waals surface area (Å²) in [5.74, 6) is -0.0449. The normalized spacial score (nSPS) is 14.3. The number of aryl methyl sites for hydroxylation is 1. The lowest BCUT2D eigenvalue weighted by atomic mass is 9.88. The number of hydrogen-bond acceptors (Lipinski definition) is 2. The van der Waals surface area contributed by atoms with Crippen LogP contribution in [-0.4, -0.2) is 10.8 Å². The number of halogens is 3. The Kier molecular flexibility index (Phi) is 4.43. The molecule has 24 heavy (non-hydrogen) atoms. The van der Waals surface area contributed by atoms with E-state index in [1.54, 1.807) is 13.0 Å². The molecule has 0 fully saturated rings. The molecule has 0 amide bonds. The summed E-state index contributed by atoms with van der Waals surface area (Å²) < 4.78 is 38.3. The predicted molar refractivity (Wildman–Crippen MR) is 85.9 cm³/mol. The monoisotopic (exact) mass is 333 g/mol. The maximum atomic E-state index is 12.8. The number of pyridine rings is 1. The Morgan fingerprint density at radius 2 is 1.79 bits per heavy atom. The number of hydrogen-bond donors (Lipinski definition) is 0. The van der Waals surface area contributed by atoms with Gasteiger partial charge in [-0.25, -0.2) is 4.98 Å². The Balaban J connectivity index is 2.10. The smallest absolute Gasteiger partial charge is 0.292 e. The van der Waals surface area contributed by atoms with Crippen LogP contribution in [0.3, 0.4) is 0 Å². The second-order valence-corrected chi connectivity index (χ2v) is 6.04. The molecule has 5 heteroatoms. The Bertz CT molecular complexity index is 763. The molecule has 1 heterocycles. The molecule has 1 aliphatic rings. The SMILES string of the molecule is CCC(=O)c1cc(-c2ccc(C(F)(F)F)cc2)c2c(n1)CCCC2. The third kappa shape index (κ3) is 3.21. The van der Waals surface area contributed by atoms with Crippen molar-refractivity contribution in [2.45, 2.75) is 45.2 Å². The van der Waals surface area contributed by atoms with Gasteiger partial charge in [0.15, 0.2) is 5.78 Å². The highest BCUT2D eigenvalue weighted by molar-refractivity contribution is 5.95. The lowest BCUT2D eigenvalue weighted by molar-refractivity contribution is -0.137. The number of alkyl halides is 3. The molecule has 0 N–H and O–H groups in total. The number of nitrogens with zero attached hydrogens (tertiary/aromatic N) is 1. The highest BCUT2D eigenvalue weighted by Crippen LogP contribution is 2.34. The Morgan fingerprint density at radius 3 is 2.42 bits per heavy atom. The molecule has 126 valence electrons. The zero-order valence-corrected chi connectivity index (χ0v) is 13.4. The van der Waals surface area contributed by atoms with Crippen LogP contribution in [-0.2, 0) is 19.0 Å². The zero-order chi connectivity index (χ0) is 17.3. The Hall–Kier alpha value is -2.17. The molecule has 3 rings (SSSR count). The van der Waals surface area contributed by atoms with Crippen molar-refractivity contribution in [1.29, 1.82) is 0 Å². The molecule has 0 bridgehead atoms. The third-order valence-electron chi connectivity index (χ3n) is 4.43. The lowest BCUT2D eigenvalue weighted by Gasteiger charge is -2.20. The van der Waals surface area contributed by atoms with Crippen molar-refractivity contribution in [2.75, 3.05) is 0 Å².